The molecule has 0 aromatic heterocycles. The van der Waals surface area contributed by atoms with E-state index < -0.39 is 17.7 Å². The van der Waals surface area contributed by atoms with E-state index in [0.29, 0.717) is 36.7 Å². The van der Waals surface area contributed by atoms with Gasteiger partial charge in [0.1, 0.15) is 5.60 Å². The minimum atomic E-state index is -0.567. The summed E-state index contributed by atoms with van der Waals surface area (Å²) in [6.45, 7) is 6.72. The van der Waals surface area contributed by atoms with Gasteiger partial charge in [-0.15, -0.1) is 0 Å². The fraction of sp³-hybridized carbons (Fsp3) is 0.556. The Balaban J connectivity index is 2.78. The van der Waals surface area contributed by atoms with Gasteiger partial charge < -0.3 is 19.1 Å². The van der Waals surface area contributed by atoms with E-state index in [9.17, 15) is 9.59 Å². The number of carbonyl (C=O) groups excluding carboxylic acids is 2. The second-order valence-electron chi connectivity index (χ2n) is 6.51. The number of benzene rings is 1. The Morgan fingerprint density at radius 3 is 2.36 bits per heavy atom. The van der Waals surface area contributed by atoms with Crippen LogP contribution in [0.1, 0.15) is 36.7 Å². The molecule has 0 saturated heterocycles. The molecule has 1 aromatic carbocycles. The highest BCUT2D eigenvalue weighted by Gasteiger charge is 2.22. The van der Waals surface area contributed by atoms with E-state index in [2.05, 4.69) is 4.74 Å². The monoisotopic (exact) mass is 371 g/mol. The van der Waals surface area contributed by atoms with Crippen LogP contribution in [0, 0.1) is 0 Å². The summed E-state index contributed by atoms with van der Waals surface area (Å²) in [7, 11) is 2.90. The Hall–Kier alpha value is -1.79. The molecule has 0 bridgehead atoms. The average Bonchev–Trinajstić information content (AvgIpc) is 2.53. The van der Waals surface area contributed by atoms with E-state index in [1.807, 2.05) is 20.8 Å². The van der Waals surface area contributed by atoms with E-state index in [-0.39, 0.29) is 0 Å². The first-order valence-corrected chi connectivity index (χ1v) is 8.39. The Morgan fingerprint density at radius 1 is 1.16 bits per heavy atom. The van der Waals surface area contributed by atoms with Crippen molar-refractivity contribution in [1.82, 2.24) is 4.90 Å². The van der Waals surface area contributed by atoms with Gasteiger partial charge in [0.2, 0.25) is 0 Å². The molecule has 0 aliphatic heterocycles. The van der Waals surface area contributed by atoms with Gasteiger partial charge in [-0.25, -0.2) is 9.59 Å². The van der Waals surface area contributed by atoms with E-state index in [1.54, 1.807) is 30.2 Å². The summed E-state index contributed by atoms with van der Waals surface area (Å²) in [5.74, 6) is -0.441. The van der Waals surface area contributed by atoms with E-state index in [1.165, 1.54) is 7.11 Å². The van der Waals surface area contributed by atoms with Crippen molar-refractivity contribution >= 4 is 23.7 Å². The molecule has 0 fully saturated rings. The third kappa shape index (κ3) is 7.32. The van der Waals surface area contributed by atoms with E-state index in [4.69, 9.17) is 21.1 Å². The van der Waals surface area contributed by atoms with Gasteiger partial charge in [-0.1, -0.05) is 17.7 Å². The van der Waals surface area contributed by atoms with Crippen molar-refractivity contribution in [1.29, 1.82) is 0 Å². The summed E-state index contributed by atoms with van der Waals surface area (Å²) in [5.41, 5.74) is 0.655. The van der Waals surface area contributed by atoms with Gasteiger partial charge in [0, 0.05) is 25.2 Å². The molecule has 0 spiro atoms. The lowest BCUT2D eigenvalue weighted by Crippen LogP contribution is -2.39. The normalized spacial score (nSPS) is 11.1. The number of hydrogen-bond donors (Lipinski definition) is 0. The number of halogens is 1. The van der Waals surface area contributed by atoms with Gasteiger partial charge in [-0.3, -0.25) is 0 Å². The second-order valence-corrected chi connectivity index (χ2v) is 6.92. The number of rotatable bonds is 7. The first-order valence-electron chi connectivity index (χ1n) is 8.01. The molecular formula is C18H26ClNO5. The van der Waals surface area contributed by atoms with Crippen molar-refractivity contribution in [2.45, 2.75) is 32.8 Å². The molecule has 1 aromatic rings. The maximum Gasteiger partial charge on any atom is 0.410 e. The summed E-state index contributed by atoms with van der Waals surface area (Å²) in [6.07, 6.45) is 0.135. The molecule has 6 nitrogen and oxygen atoms in total. The van der Waals surface area contributed by atoms with Gasteiger partial charge in [-0.2, -0.15) is 0 Å². The number of ether oxygens (including phenoxy) is 3. The molecule has 140 valence electrons. The van der Waals surface area contributed by atoms with Gasteiger partial charge in [0.25, 0.3) is 0 Å². The summed E-state index contributed by atoms with van der Waals surface area (Å²) < 4.78 is 15.1. The number of amides is 1. The van der Waals surface area contributed by atoms with E-state index in [0.717, 1.165) is 5.56 Å². The van der Waals surface area contributed by atoms with Gasteiger partial charge >= 0.3 is 12.1 Å². The zero-order chi connectivity index (χ0) is 19.0. The molecule has 1 rings (SSSR count). The van der Waals surface area contributed by atoms with Crippen molar-refractivity contribution < 1.29 is 23.8 Å². The standard InChI is InChI=1S/C18H26ClNO5/c1-18(2,3)25-17(22)20(10-11-23-4)9-8-13-6-7-14(12-15(13)19)16(21)24-5/h6-7,12H,8-11H2,1-5H3. The Labute approximate surface area is 154 Å². The van der Waals surface area contributed by atoms with Crippen LogP contribution in [0.4, 0.5) is 4.79 Å². The summed E-state index contributed by atoms with van der Waals surface area (Å²) in [4.78, 5) is 25.4. The van der Waals surface area contributed by atoms with Crippen molar-refractivity contribution in [2.24, 2.45) is 0 Å². The SMILES string of the molecule is COCCN(CCc1ccc(C(=O)OC)cc1Cl)C(=O)OC(C)(C)C. The lowest BCUT2D eigenvalue weighted by atomic mass is 10.1. The average molecular weight is 372 g/mol. The summed E-state index contributed by atoms with van der Waals surface area (Å²) in [5, 5.41) is 0.457. The molecule has 0 atom stereocenters. The lowest BCUT2D eigenvalue weighted by Gasteiger charge is -2.27. The van der Waals surface area contributed by atoms with Gasteiger partial charge in [-0.05, 0) is 44.9 Å². The van der Waals surface area contributed by atoms with Crippen LogP contribution in [0.25, 0.3) is 0 Å². The number of nitrogens with zero attached hydrogens (tertiary/aromatic N) is 1. The Kier molecular flexibility index (Phi) is 8.19. The highest BCUT2D eigenvalue weighted by molar-refractivity contribution is 6.31. The molecule has 0 unspecified atom stereocenters. The molecular weight excluding hydrogens is 346 g/mol. The molecule has 0 aliphatic carbocycles. The predicted molar refractivity (Wildman–Crippen MR) is 96.2 cm³/mol. The van der Waals surface area contributed by atoms with Crippen LogP contribution in [0.2, 0.25) is 5.02 Å². The van der Waals surface area contributed by atoms with Crippen LogP contribution < -0.4 is 0 Å². The third-order valence-corrected chi connectivity index (χ3v) is 3.69. The third-order valence-electron chi connectivity index (χ3n) is 3.34. The van der Waals surface area contributed by atoms with Crippen LogP contribution in [0.15, 0.2) is 18.2 Å². The molecule has 0 saturated carbocycles. The van der Waals surface area contributed by atoms with Gasteiger partial charge in [0.05, 0.1) is 19.3 Å². The van der Waals surface area contributed by atoms with Crippen molar-refractivity contribution in [2.75, 3.05) is 33.9 Å². The van der Waals surface area contributed by atoms with Crippen LogP contribution in [0.5, 0.6) is 0 Å². The molecule has 0 aliphatic rings. The minimum Gasteiger partial charge on any atom is -0.465 e. The number of hydrogen-bond acceptors (Lipinski definition) is 5. The molecule has 1 amide bonds. The second kappa shape index (κ2) is 9.63. The van der Waals surface area contributed by atoms with Crippen molar-refractivity contribution in [3.8, 4) is 0 Å². The first kappa shape index (κ1) is 21.3. The van der Waals surface area contributed by atoms with E-state index >= 15 is 0 Å². The lowest BCUT2D eigenvalue weighted by molar-refractivity contribution is 0.0204. The molecule has 0 heterocycles. The quantitative estimate of drug-likeness (QED) is 0.686. The predicted octanol–water partition coefficient (Wildman–Crippen LogP) is 3.55. The first-order chi connectivity index (χ1) is 11.7. The zero-order valence-electron chi connectivity index (χ0n) is 15.4. The minimum absolute atomic E-state index is 0.389. The highest BCUT2D eigenvalue weighted by atomic mass is 35.5. The fourth-order valence-electron chi connectivity index (χ4n) is 2.07. The fourth-order valence-corrected chi connectivity index (χ4v) is 2.35. The van der Waals surface area contributed by atoms with Crippen molar-refractivity contribution in [3.05, 3.63) is 34.3 Å². The van der Waals surface area contributed by atoms with Crippen LogP contribution >= 0.6 is 11.6 Å². The van der Waals surface area contributed by atoms with Crippen molar-refractivity contribution in [3.63, 3.8) is 0 Å². The maximum atomic E-state index is 12.3. The zero-order valence-corrected chi connectivity index (χ0v) is 16.2. The molecule has 0 N–H and O–H groups in total. The smallest absolute Gasteiger partial charge is 0.410 e. The van der Waals surface area contributed by atoms with Crippen LogP contribution in [-0.4, -0.2) is 56.5 Å². The molecule has 25 heavy (non-hydrogen) atoms. The number of carbonyl (C=O) groups is 2. The summed E-state index contributed by atoms with van der Waals surface area (Å²) in [6, 6.07) is 4.98. The van der Waals surface area contributed by atoms with Crippen LogP contribution in [-0.2, 0) is 20.6 Å². The largest absolute Gasteiger partial charge is 0.465 e. The Morgan fingerprint density at radius 2 is 1.84 bits per heavy atom. The number of esters is 1. The maximum absolute atomic E-state index is 12.3. The topological polar surface area (TPSA) is 65.1 Å². The summed E-state index contributed by atoms with van der Waals surface area (Å²) >= 11 is 6.24. The van der Waals surface area contributed by atoms with Crippen LogP contribution in [0.3, 0.4) is 0 Å². The molecule has 0 radical (unpaired) electrons. The molecule has 7 heteroatoms. The Bertz CT molecular complexity index is 598. The number of methoxy groups -OCH3 is 2. The highest BCUT2D eigenvalue weighted by Crippen LogP contribution is 2.20. The van der Waals surface area contributed by atoms with Gasteiger partial charge in [0.15, 0.2) is 0 Å².